The number of carbonyl (C=O) groups excluding carboxylic acids is 2. The third-order valence-electron chi connectivity index (χ3n) is 4.68. The molecule has 0 N–H and O–H groups in total. The Hall–Kier alpha value is -4.44. The van der Waals surface area contributed by atoms with Crippen LogP contribution in [0, 0.1) is 0 Å². The maximum atomic E-state index is 12.8. The van der Waals surface area contributed by atoms with Crippen LogP contribution in [-0.2, 0) is 0 Å². The maximum Gasteiger partial charge on any atom is 0.343 e. The predicted molar refractivity (Wildman–Crippen MR) is 125 cm³/mol. The van der Waals surface area contributed by atoms with Crippen molar-refractivity contribution in [2.45, 2.75) is 0 Å². The number of esters is 2. The average Bonchev–Trinajstić information content (AvgIpc) is 2.85. The fourth-order valence-corrected chi connectivity index (χ4v) is 3.06. The highest BCUT2D eigenvalue weighted by Crippen LogP contribution is 2.34. The van der Waals surface area contributed by atoms with Crippen molar-refractivity contribution in [3.8, 4) is 11.5 Å². The van der Waals surface area contributed by atoms with Gasteiger partial charge in [-0.2, -0.15) is 0 Å². The Labute approximate surface area is 186 Å². The number of carbonyl (C=O) groups is 2. The van der Waals surface area contributed by atoms with E-state index in [-0.39, 0.29) is 11.5 Å². The molecule has 4 heteroatoms. The third-order valence-corrected chi connectivity index (χ3v) is 4.68. The molecule has 0 aliphatic rings. The van der Waals surface area contributed by atoms with E-state index < -0.39 is 11.9 Å². The summed E-state index contributed by atoms with van der Waals surface area (Å²) in [7, 11) is 0. The zero-order valence-corrected chi connectivity index (χ0v) is 17.2. The van der Waals surface area contributed by atoms with Crippen LogP contribution >= 0.6 is 0 Å². The second kappa shape index (κ2) is 10.0. The van der Waals surface area contributed by atoms with Gasteiger partial charge in [-0.1, -0.05) is 91.0 Å². The Morgan fingerprint density at radius 3 is 1.66 bits per heavy atom. The average molecular weight is 420 g/mol. The molecule has 32 heavy (non-hydrogen) atoms. The highest BCUT2D eigenvalue weighted by atomic mass is 16.6. The van der Waals surface area contributed by atoms with E-state index in [4.69, 9.17) is 9.47 Å². The minimum absolute atomic E-state index is 0.165. The van der Waals surface area contributed by atoms with Crippen molar-refractivity contribution in [3.05, 3.63) is 131 Å². The monoisotopic (exact) mass is 420 g/mol. The highest BCUT2D eigenvalue weighted by molar-refractivity contribution is 5.94. The summed E-state index contributed by atoms with van der Waals surface area (Å²) in [5, 5.41) is 0. The van der Waals surface area contributed by atoms with Crippen molar-refractivity contribution in [1.82, 2.24) is 0 Å². The van der Waals surface area contributed by atoms with Crippen LogP contribution in [0.4, 0.5) is 0 Å². The molecule has 0 aliphatic heterocycles. The van der Waals surface area contributed by atoms with Crippen LogP contribution in [0.1, 0.15) is 31.8 Å². The summed E-state index contributed by atoms with van der Waals surface area (Å²) in [5.74, 6) is -0.730. The molecular weight excluding hydrogens is 400 g/mol. The Kier molecular flexibility index (Phi) is 6.54. The van der Waals surface area contributed by atoms with Gasteiger partial charge in [-0.05, 0) is 35.9 Å². The first-order valence-corrected chi connectivity index (χ1v) is 10.1. The van der Waals surface area contributed by atoms with Gasteiger partial charge in [0.1, 0.15) is 0 Å². The molecule has 0 bridgehead atoms. The van der Waals surface area contributed by atoms with Crippen LogP contribution in [0.5, 0.6) is 11.5 Å². The standard InChI is InChI=1S/C28H20O4/c29-27(23-13-6-2-7-14-23)31-25-18-10-17-22(20-19-21-11-4-1-5-12-21)26(25)32-28(30)24-15-8-3-9-16-24/h1-20H. The largest absolute Gasteiger partial charge is 0.419 e. The van der Waals surface area contributed by atoms with Crippen molar-refractivity contribution < 1.29 is 19.1 Å². The molecule has 0 amide bonds. The van der Waals surface area contributed by atoms with E-state index >= 15 is 0 Å². The maximum absolute atomic E-state index is 12.8. The molecule has 0 aliphatic carbocycles. The van der Waals surface area contributed by atoms with E-state index in [1.165, 1.54) is 0 Å². The smallest absolute Gasteiger partial charge is 0.343 e. The molecule has 4 nitrogen and oxygen atoms in total. The van der Waals surface area contributed by atoms with Crippen LogP contribution in [0.25, 0.3) is 12.2 Å². The van der Waals surface area contributed by atoms with Crippen molar-refractivity contribution in [3.63, 3.8) is 0 Å². The number of ether oxygens (including phenoxy) is 2. The molecule has 0 saturated carbocycles. The number of hydrogen-bond acceptors (Lipinski definition) is 4. The molecular formula is C28H20O4. The molecule has 0 aromatic heterocycles. The van der Waals surface area contributed by atoms with Crippen LogP contribution < -0.4 is 9.47 Å². The highest BCUT2D eigenvalue weighted by Gasteiger charge is 2.18. The minimum Gasteiger partial charge on any atom is -0.419 e. The van der Waals surface area contributed by atoms with Crippen molar-refractivity contribution >= 4 is 24.1 Å². The number of rotatable bonds is 6. The van der Waals surface area contributed by atoms with Gasteiger partial charge in [-0.3, -0.25) is 0 Å². The van der Waals surface area contributed by atoms with Gasteiger partial charge in [0.2, 0.25) is 0 Å². The summed E-state index contributed by atoms with van der Waals surface area (Å²) >= 11 is 0. The van der Waals surface area contributed by atoms with Gasteiger partial charge in [0.15, 0.2) is 11.5 Å². The molecule has 0 atom stereocenters. The summed E-state index contributed by atoms with van der Waals surface area (Å²) in [6.07, 6.45) is 3.72. The van der Waals surface area contributed by atoms with Crippen LogP contribution in [-0.4, -0.2) is 11.9 Å². The lowest BCUT2D eigenvalue weighted by Gasteiger charge is -2.13. The van der Waals surface area contributed by atoms with Gasteiger partial charge in [0, 0.05) is 5.56 Å². The van der Waals surface area contributed by atoms with Gasteiger partial charge in [-0.25, -0.2) is 9.59 Å². The van der Waals surface area contributed by atoms with Crippen molar-refractivity contribution in [1.29, 1.82) is 0 Å². The predicted octanol–water partition coefficient (Wildman–Crippen LogP) is 6.30. The van der Waals surface area contributed by atoms with E-state index in [0.29, 0.717) is 16.7 Å². The zero-order valence-electron chi connectivity index (χ0n) is 17.2. The zero-order chi connectivity index (χ0) is 22.2. The number of para-hydroxylation sites is 1. The Morgan fingerprint density at radius 1 is 0.531 bits per heavy atom. The summed E-state index contributed by atoms with van der Waals surface area (Å²) in [5.41, 5.74) is 2.39. The first kappa shape index (κ1) is 20.8. The molecule has 4 rings (SSSR count). The molecule has 0 saturated heterocycles. The van der Waals surface area contributed by atoms with Crippen LogP contribution in [0.15, 0.2) is 109 Å². The normalized spacial score (nSPS) is 10.6. The molecule has 0 heterocycles. The summed E-state index contributed by atoms with van der Waals surface area (Å²) < 4.78 is 11.3. The van der Waals surface area contributed by atoms with Crippen molar-refractivity contribution in [2.75, 3.05) is 0 Å². The van der Waals surface area contributed by atoms with E-state index in [1.54, 1.807) is 66.7 Å². The molecule has 0 fully saturated rings. The summed E-state index contributed by atoms with van der Waals surface area (Å²) in [6.45, 7) is 0. The lowest BCUT2D eigenvalue weighted by Crippen LogP contribution is -2.13. The minimum atomic E-state index is -0.539. The Morgan fingerprint density at radius 2 is 1.06 bits per heavy atom. The van der Waals surface area contributed by atoms with Gasteiger partial charge in [-0.15, -0.1) is 0 Å². The molecule has 156 valence electrons. The quantitative estimate of drug-likeness (QED) is 0.209. The Bertz CT molecular complexity index is 1230. The van der Waals surface area contributed by atoms with Crippen molar-refractivity contribution in [2.24, 2.45) is 0 Å². The van der Waals surface area contributed by atoms with E-state index in [2.05, 4.69) is 0 Å². The van der Waals surface area contributed by atoms with Gasteiger partial charge in [0.25, 0.3) is 0 Å². The molecule has 4 aromatic carbocycles. The molecule has 4 aromatic rings. The second-order valence-electron chi connectivity index (χ2n) is 6.93. The van der Waals surface area contributed by atoms with E-state index in [9.17, 15) is 9.59 Å². The van der Waals surface area contributed by atoms with E-state index in [0.717, 1.165) is 5.56 Å². The Balaban J connectivity index is 1.69. The third kappa shape index (κ3) is 5.18. The molecule has 0 unspecified atom stereocenters. The van der Waals surface area contributed by atoms with Crippen LogP contribution in [0.2, 0.25) is 0 Å². The topological polar surface area (TPSA) is 52.6 Å². The van der Waals surface area contributed by atoms with E-state index in [1.807, 2.05) is 54.6 Å². The number of hydrogen-bond donors (Lipinski definition) is 0. The fourth-order valence-electron chi connectivity index (χ4n) is 3.06. The second-order valence-corrected chi connectivity index (χ2v) is 6.93. The summed E-state index contributed by atoms with van der Waals surface area (Å²) in [6, 6.07) is 32.2. The summed E-state index contributed by atoms with van der Waals surface area (Å²) in [4.78, 5) is 25.4. The van der Waals surface area contributed by atoms with Crippen LogP contribution in [0.3, 0.4) is 0 Å². The van der Waals surface area contributed by atoms with Gasteiger partial charge < -0.3 is 9.47 Å². The fraction of sp³-hybridized carbons (Fsp3) is 0. The first-order chi connectivity index (χ1) is 15.7. The SMILES string of the molecule is O=C(Oc1cccc(C=Cc2ccccc2)c1OC(=O)c1ccccc1)c1ccccc1. The first-order valence-electron chi connectivity index (χ1n) is 10.1. The lowest BCUT2D eigenvalue weighted by atomic mass is 10.1. The van der Waals surface area contributed by atoms with Gasteiger partial charge >= 0.3 is 11.9 Å². The lowest BCUT2D eigenvalue weighted by molar-refractivity contribution is 0.0682. The molecule has 0 spiro atoms. The van der Waals surface area contributed by atoms with Gasteiger partial charge in [0.05, 0.1) is 11.1 Å². The molecule has 0 radical (unpaired) electrons. The number of benzene rings is 4.